The first-order valence-electron chi connectivity index (χ1n) is 7.00. The number of rotatable bonds is 12. The Bertz CT molecular complexity index is 336. The van der Waals surface area contributed by atoms with Gasteiger partial charge in [0.15, 0.2) is 0 Å². The molecular weight excluding hydrogens is 278 g/mol. The van der Waals surface area contributed by atoms with Gasteiger partial charge in [-0.25, -0.2) is 0 Å². The third-order valence-corrected chi connectivity index (χ3v) is 2.68. The lowest BCUT2D eigenvalue weighted by atomic mass is 10.1. The van der Waals surface area contributed by atoms with Crippen molar-refractivity contribution >= 4 is 17.8 Å². The Kier molecular flexibility index (Phi) is 11.1. The molecule has 0 aromatic rings. The molecule has 0 saturated carbocycles. The van der Waals surface area contributed by atoms with E-state index < -0.39 is 12.0 Å². The first kappa shape index (κ1) is 19.3. The fourth-order valence-corrected chi connectivity index (χ4v) is 1.50. The molecule has 8 heteroatoms. The number of ether oxygens (including phenoxy) is 1. The SMILES string of the molecule is CC(=O)NCCOCCC(=O)NCCCCC(N)C(=O)O. The molecule has 0 spiro atoms. The molecule has 0 saturated heterocycles. The Balaban J connectivity index is 3.35. The summed E-state index contributed by atoms with van der Waals surface area (Å²) >= 11 is 0. The number of hydrogen-bond donors (Lipinski definition) is 4. The van der Waals surface area contributed by atoms with Crippen LogP contribution in [0.1, 0.15) is 32.6 Å². The summed E-state index contributed by atoms with van der Waals surface area (Å²) in [4.78, 5) is 32.4. The second-order valence-corrected chi connectivity index (χ2v) is 4.64. The van der Waals surface area contributed by atoms with Crippen LogP contribution >= 0.6 is 0 Å². The van der Waals surface area contributed by atoms with Crippen molar-refractivity contribution in [1.29, 1.82) is 0 Å². The van der Waals surface area contributed by atoms with E-state index in [2.05, 4.69) is 10.6 Å². The quantitative estimate of drug-likeness (QED) is 0.350. The highest BCUT2D eigenvalue weighted by atomic mass is 16.5. The van der Waals surface area contributed by atoms with Gasteiger partial charge in [-0.3, -0.25) is 14.4 Å². The fraction of sp³-hybridized carbons (Fsp3) is 0.769. The van der Waals surface area contributed by atoms with Gasteiger partial charge < -0.3 is 26.2 Å². The van der Waals surface area contributed by atoms with Gasteiger partial charge in [-0.1, -0.05) is 0 Å². The normalized spacial score (nSPS) is 11.7. The number of carboxylic acid groups (broad SMARTS) is 1. The number of carboxylic acids is 1. The molecule has 0 aromatic carbocycles. The van der Waals surface area contributed by atoms with E-state index in [0.717, 1.165) is 0 Å². The van der Waals surface area contributed by atoms with Crippen LogP contribution in [0.3, 0.4) is 0 Å². The molecule has 5 N–H and O–H groups in total. The highest BCUT2D eigenvalue weighted by molar-refractivity contribution is 5.76. The molecule has 0 aliphatic carbocycles. The number of unbranched alkanes of at least 4 members (excludes halogenated alkanes) is 1. The Labute approximate surface area is 124 Å². The monoisotopic (exact) mass is 303 g/mol. The molecule has 1 atom stereocenters. The minimum Gasteiger partial charge on any atom is -0.480 e. The topological polar surface area (TPSA) is 131 Å². The zero-order valence-corrected chi connectivity index (χ0v) is 12.4. The van der Waals surface area contributed by atoms with Crippen molar-refractivity contribution in [2.75, 3.05) is 26.3 Å². The lowest BCUT2D eigenvalue weighted by molar-refractivity contribution is -0.138. The van der Waals surface area contributed by atoms with Crippen LogP contribution in [0.5, 0.6) is 0 Å². The Hall–Kier alpha value is -1.67. The minimum absolute atomic E-state index is 0.112. The molecule has 0 aromatic heterocycles. The van der Waals surface area contributed by atoms with Crippen molar-refractivity contribution < 1.29 is 24.2 Å². The van der Waals surface area contributed by atoms with Crippen molar-refractivity contribution in [3.05, 3.63) is 0 Å². The predicted octanol–water partition coefficient (Wildman–Crippen LogP) is -0.772. The molecule has 21 heavy (non-hydrogen) atoms. The summed E-state index contributed by atoms with van der Waals surface area (Å²) < 4.78 is 5.18. The Morgan fingerprint density at radius 2 is 1.86 bits per heavy atom. The van der Waals surface area contributed by atoms with Gasteiger partial charge in [-0.15, -0.1) is 0 Å². The van der Waals surface area contributed by atoms with Crippen LogP contribution in [0.2, 0.25) is 0 Å². The van der Waals surface area contributed by atoms with Crippen LogP contribution in [-0.4, -0.2) is 55.2 Å². The third-order valence-electron chi connectivity index (χ3n) is 2.68. The molecule has 0 aliphatic heterocycles. The maximum absolute atomic E-state index is 11.4. The van der Waals surface area contributed by atoms with Gasteiger partial charge in [0.1, 0.15) is 6.04 Å². The largest absolute Gasteiger partial charge is 0.480 e. The smallest absolute Gasteiger partial charge is 0.320 e. The van der Waals surface area contributed by atoms with Crippen LogP contribution in [0.25, 0.3) is 0 Å². The van der Waals surface area contributed by atoms with Crippen molar-refractivity contribution in [1.82, 2.24) is 10.6 Å². The lowest BCUT2D eigenvalue weighted by Gasteiger charge is -2.08. The maximum Gasteiger partial charge on any atom is 0.320 e. The van der Waals surface area contributed by atoms with Crippen molar-refractivity contribution in [2.24, 2.45) is 5.73 Å². The van der Waals surface area contributed by atoms with Crippen molar-refractivity contribution in [2.45, 2.75) is 38.6 Å². The van der Waals surface area contributed by atoms with E-state index in [4.69, 9.17) is 15.6 Å². The summed E-state index contributed by atoms with van der Waals surface area (Å²) in [5.74, 6) is -1.23. The van der Waals surface area contributed by atoms with E-state index in [-0.39, 0.29) is 18.2 Å². The molecule has 0 fully saturated rings. The molecular formula is C13H25N3O5. The van der Waals surface area contributed by atoms with Crippen LogP contribution in [0.4, 0.5) is 0 Å². The van der Waals surface area contributed by atoms with Crippen molar-refractivity contribution in [3.63, 3.8) is 0 Å². The predicted molar refractivity (Wildman–Crippen MR) is 76.6 cm³/mol. The zero-order valence-electron chi connectivity index (χ0n) is 12.4. The fourth-order valence-electron chi connectivity index (χ4n) is 1.50. The minimum atomic E-state index is -1.00. The van der Waals surface area contributed by atoms with Crippen LogP contribution in [-0.2, 0) is 19.1 Å². The molecule has 0 heterocycles. The lowest BCUT2D eigenvalue weighted by Crippen LogP contribution is -2.30. The van der Waals surface area contributed by atoms with E-state index >= 15 is 0 Å². The zero-order chi connectivity index (χ0) is 16.1. The third kappa shape index (κ3) is 13.1. The Morgan fingerprint density at radius 1 is 1.14 bits per heavy atom. The van der Waals surface area contributed by atoms with Gasteiger partial charge in [-0.05, 0) is 19.3 Å². The number of amides is 2. The van der Waals surface area contributed by atoms with Crippen LogP contribution in [0.15, 0.2) is 0 Å². The van der Waals surface area contributed by atoms with E-state index in [1.54, 1.807) is 0 Å². The first-order chi connectivity index (χ1) is 9.93. The molecule has 8 nitrogen and oxygen atoms in total. The summed E-state index contributed by atoms with van der Waals surface area (Å²) in [5.41, 5.74) is 5.35. The molecule has 2 amide bonds. The van der Waals surface area contributed by atoms with Crippen LogP contribution in [0, 0.1) is 0 Å². The average Bonchev–Trinajstić information content (AvgIpc) is 2.41. The summed E-state index contributed by atoms with van der Waals surface area (Å²) in [7, 11) is 0. The highest BCUT2D eigenvalue weighted by Crippen LogP contribution is 1.98. The Morgan fingerprint density at radius 3 is 2.48 bits per heavy atom. The molecule has 122 valence electrons. The van der Waals surface area contributed by atoms with E-state index in [0.29, 0.717) is 45.6 Å². The molecule has 0 bridgehead atoms. The number of carbonyl (C=O) groups excluding carboxylic acids is 2. The van der Waals surface area contributed by atoms with Gasteiger partial charge in [0.05, 0.1) is 13.2 Å². The maximum atomic E-state index is 11.4. The van der Waals surface area contributed by atoms with Gasteiger partial charge in [0, 0.05) is 26.4 Å². The van der Waals surface area contributed by atoms with Gasteiger partial charge in [0.25, 0.3) is 0 Å². The van der Waals surface area contributed by atoms with E-state index in [9.17, 15) is 14.4 Å². The summed E-state index contributed by atoms with van der Waals surface area (Å²) in [6.07, 6.45) is 2.00. The number of hydrogen-bond acceptors (Lipinski definition) is 5. The van der Waals surface area contributed by atoms with Gasteiger partial charge in [-0.2, -0.15) is 0 Å². The second kappa shape index (κ2) is 12.1. The summed E-state index contributed by atoms with van der Waals surface area (Å²) in [6.45, 7) is 3.03. The average molecular weight is 303 g/mol. The van der Waals surface area contributed by atoms with Crippen LogP contribution < -0.4 is 16.4 Å². The van der Waals surface area contributed by atoms with Gasteiger partial charge >= 0.3 is 5.97 Å². The number of nitrogens with two attached hydrogens (primary N) is 1. The number of nitrogens with one attached hydrogen (secondary N) is 2. The van der Waals surface area contributed by atoms with Gasteiger partial charge in [0.2, 0.25) is 11.8 Å². The van der Waals surface area contributed by atoms with E-state index in [1.807, 2.05) is 0 Å². The van der Waals surface area contributed by atoms with Crippen molar-refractivity contribution in [3.8, 4) is 0 Å². The first-order valence-corrected chi connectivity index (χ1v) is 7.00. The summed E-state index contributed by atoms with van der Waals surface area (Å²) in [5, 5.41) is 13.9. The molecule has 1 unspecified atom stereocenters. The highest BCUT2D eigenvalue weighted by Gasteiger charge is 2.10. The second-order valence-electron chi connectivity index (χ2n) is 4.64. The van der Waals surface area contributed by atoms with E-state index in [1.165, 1.54) is 6.92 Å². The molecule has 0 radical (unpaired) electrons. The number of carbonyl (C=O) groups is 3. The summed E-state index contributed by atoms with van der Waals surface area (Å²) in [6, 6.07) is -0.835. The standard InChI is InChI=1S/C13H25N3O5/c1-10(17)15-7-9-21-8-5-12(18)16-6-3-2-4-11(14)13(19)20/h11H,2-9,14H2,1H3,(H,15,17)(H,16,18)(H,19,20). The number of aliphatic carboxylic acids is 1. The molecule has 0 rings (SSSR count). The molecule has 0 aliphatic rings.